The Morgan fingerprint density at radius 3 is 2.85 bits per heavy atom. The fourth-order valence-corrected chi connectivity index (χ4v) is 2.69. The van der Waals surface area contributed by atoms with E-state index < -0.39 is 0 Å². The van der Waals surface area contributed by atoms with Crippen LogP contribution in [-0.2, 0) is 0 Å². The lowest BCUT2D eigenvalue weighted by Gasteiger charge is -2.26. The lowest BCUT2D eigenvalue weighted by molar-refractivity contribution is 0.0846. The molecule has 0 spiro atoms. The molecule has 1 unspecified atom stereocenters. The summed E-state index contributed by atoms with van der Waals surface area (Å²) in [5.41, 5.74) is 1.77. The second-order valence-corrected chi connectivity index (χ2v) is 5.36. The molecular weight excluding hydrogens is 252 g/mol. The van der Waals surface area contributed by atoms with Gasteiger partial charge in [0.25, 0.3) is 0 Å². The number of Topliss-reactive ketones (excluding diaryl/α,β-unsaturated/α-hetero) is 1. The predicted molar refractivity (Wildman–Crippen MR) is 80.6 cm³/mol. The van der Waals surface area contributed by atoms with Crippen LogP contribution in [-0.4, -0.2) is 50.0 Å². The summed E-state index contributed by atoms with van der Waals surface area (Å²) in [6.45, 7) is 7.89. The molecule has 20 heavy (non-hydrogen) atoms. The van der Waals surface area contributed by atoms with Gasteiger partial charge < -0.3 is 10.1 Å². The quantitative estimate of drug-likeness (QED) is 0.853. The lowest BCUT2D eigenvalue weighted by atomic mass is 10.0. The zero-order chi connectivity index (χ0) is 14.5. The van der Waals surface area contributed by atoms with Crippen molar-refractivity contribution < 1.29 is 9.53 Å². The Kier molecular flexibility index (Phi) is 5.15. The van der Waals surface area contributed by atoms with Crippen molar-refractivity contribution in [3.8, 4) is 5.75 Å². The standard InChI is InChI=1S/C16H24N2O2/c1-12-11-14(5-6-15(12)20-3)16(19)13(2)18-9-4-7-17-8-10-18/h5-6,11,13,17H,4,7-10H2,1-3H3. The van der Waals surface area contributed by atoms with Crippen molar-refractivity contribution in [1.29, 1.82) is 0 Å². The van der Waals surface area contributed by atoms with Gasteiger partial charge >= 0.3 is 0 Å². The number of hydrogen-bond donors (Lipinski definition) is 1. The zero-order valence-electron chi connectivity index (χ0n) is 12.6. The second kappa shape index (κ2) is 6.86. The maximum Gasteiger partial charge on any atom is 0.179 e. The SMILES string of the molecule is COc1ccc(C(=O)C(C)N2CCCNCC2)cc1C. The van der Waals surface area contributed by atoms with E-state index in [-0.39, 0.29) is 11.8 Å². The van der Waals surface area contributed by atoms with Gasteiger partial charge in [0, 0.05) is 25.2 Å². The Labute approximate surface area is 121 Å². The van der Waals surface area contributed by atoms with Gasteiger partial charge in [-0.05, 0) is 50.6 Å². The van der Waals surface area contributed by atoms with E-state index in [0.717, 1.165) is 49.5 Å². The van der Waals surface area contributed by atoms with Gasteiger partial charge in [-0.3, -0.25) is 9.69 Å². The zero-order valence-corrected chi connectivity index (χ0v) is 12.6. The van der Waals surface area contributed by atoms with Crippen LogP contribution < -0.4 is 10.1 Å². The van der Waals surface area contributed by atoms with E-state index in [2.05, 4.69) is 10.2 Å². The molecule has 1 fully saturated rings. The highest BCUT2D eigenvalue weighted by atomic mass is 16.5. The topological polar surface area (TPSA) is 41.6 Å². The van der Waals surface area contributed by atoms with Crippen LogP contribution in [0.1, 0.15) is 29.3 Å². The Morgan fingerprint density at radius 1 is 1.35 bits per heavy atom. The van der Waals surface area contributed by atoms with E-state index in [1.165, 1.54) is 0 Å². The average molecular weight is 276 g/mol. The molecule has 110 valence electrons. The van der Waals surface area contributed by atoms with Gasteiger partial charge in [0.15, 0.2) is 5.78 Å². The van der Waals surface area contributed by atoms with E-state index in [4.69, 9.17) is 4.74 Å². The summed E-state index contributed by atoms with van der Waals surface area (Å²) in [5.74, 6) is 1.02. The van der Waals surface area contributed by atoms with Crippen molar-refractivity contribution in [3.63, 3.8) is 0 Å². The molecule has 0 aliphatic carbocycles. The van der Waals surface area contributed by atoms with Gasteiger partial charge in [0.05, 0.1) is 13.2 Å². The third kappa shape index (κ3) is 3.38. The van der Waals surface area contributed by atoms with E-state index >= 15 is 0 Å². The lowest BCUT2D eigenvalue weighted by Crippen LogP contribution is -2.41. The molecule has 2 rings (SSSR count). The van der Waals surface area contributed by atoms with Crippen LogP contribution in [0.2, 0.25) is 0 Å². The Balaban J connectivity index is 2.11. The number of carbonyl (C=O) groups excluding carboxylic acids is 1. The number of nitrogens with zero attached hydrogens (tertiary/aromatic N) is 1. The third-order valence-electron chi connectivity index (χ3n) is 3.98. The highest BCUT2D eigenvalue weighted by Gasteiger charge is 2.23. The molecule has 0 aromatic heterocycles. The monoisotopic (exact) mass is 276 g/mol. The molecule has 1 aromatic carbocycles. The minimum atomic E-state index is -0.0669. The summed E-state index contributed by atoms with van der Waals surface area (Å²) in [5, 5.41) is 3.37. The molecule has 0 amide bonds. The van der Waals surface area contributed by atoms with E-state index in [0.29, 0.717) is 0 Å². The summed E-state index contributed by atoms with van der Waals surface area (Å²) in [6.07, 6.45) is 1.10. The number of rotatable bonds is 4. The summed E-state index contributed by atoms with van der Waals surface area (Å²) >= 11 is 0. The molecule has 1 aromatic rings. The number of aryl methyl sites for hydroxylation is 1. The molecule has 1 atom stereocenters. The number of hydrogen-bond acceptors (Lipinski definition) is 4. The maximum absolute atomic E-state index is 12.6. The van der Waals surface area contributed by atoms with Crippen molar-refractivity contribution >= 4 is 5.78 Å². The molecule has 0 bridgehead atoms. The first-order chi connectivity index (χ1) is 9.63. The van der Waals surface area contributed by atoms with Crippen LogP contribution in [0.3, 0.4) is 0 Å². The predicted octanol–water partition coefficient (Wildman–Crippen LogP) is 1.87. The molecule has 1 aliphatic rings. The fraction of sp³-hybridized carbons (Fsp3) is 0.562. The van der Waals surface area contributed by atoms with Crippen LogP contribution in [0.15, 0.2) is 18.2 Å². The van der Waals surface area contributed by atoms with Crippen LogP contribution in [0.4, 0.5) is 0 Å². The first-order valence-corrected chi connectivity index (χ1v) is 7.27. The maximum atomic E-state index is 12.6. The van der Waals surface area contributed by atoms with Crippen LogP contribution in [0.25, 0.3) is 0 Å². The largest absolute Gasteiger partial charge is 0.496 e. The molecule has 1 saturated heterocycles. The van der Waals surface area contributed by atoms with Crippen molar-refractivity contribution in [2.75, 3.05) is 33.3 Å². The molecule has 0 saturated carbocycles. The first-order valence-electron chi connectivity index (χ1n) is 7.27. The molecular formula is C16H24N2O2. The van der Waals surface area contributed by atoms with Gasteiger partial charge in [-0.25, -0.2) is 0 Å². The summed E-state index contributed by atoms with van der Waals surface area (Å²) in [7, 11) is 1.65. The second-order valence-electron chi connectivity index (χ2n) is 5.36. The fourth-order valence-electron chi connectivity index (χ4n) is 2.69. The molecule has 0 radical (unpaired) electrons. The number of nitrogens with one attached hydrogen (secondary N) is 1. The summed E-state index contributed by atoms with van der Waals surface area (Å²) in [4.78, 5) is 14.9. The molecule has 1 N–H and O–H groups in total. The Morgan fingerprint density at radius 2 is 2.15 bits per heavy atom. The van der Waals surface area contributed by atoms with Crippen molar-refractivity contribution in [2.24, 2.45) is 0 Å². The molecule has 4 nitrogen and oxygen atoms in total. The third-order valence-corrected chi connectivity index (χ3v) is 3.98. The van der Waals surface area contributed by atoms with Crippen LogP contribution >= 0.6 is 0 Å². The average Bonchev–Trinajstić information content (AvgIpc) is 2.74. The number of benzene rings is 1. The Hall–Kier alpha value is -1.39. The molecule has 1 aliphatic heterocycles. The van der Waals surface area contributed by atoms with Gasteiger partial charge in [-0.2, -0.15) is 0 Å². The number of ether oxygens (including phenoxy) is 1. The smallest absolute Gasteiger partial charge is 0.179 e. The van der Waals surface area contributed by atoms with Crippen molar-refractivity contribution in [2.45, 2.75) is 26.3 Å². The van der Waals surface area contributed by atoms with Gasteiger partial charge in [-0.1, -0.05) is 0 Å². The Bertz CT molecular complexity index is 466. The van der Waals surface area contributed by atoms with E-state index in [1.54, 1.807) is 7.11 Å². The highest BCUT2D eigenvalue weighted by Crippen LogP contribution is 2.20. The van der Waals surface area contributed by atoms with Crippen LogP contribution in [0.5, 0.6) is 5.75 Å². The number of carbonyl (C=O) groups is 1. The van der Waals surface area contributed by atoms with Gasteiger partial charge in [0.1, 0.15) is 5.75 Å². The highest BCUT2D eigenvalue weighted by molar-refractivity contribution is 6.00. The first kappa shape index (κ1) is 15.0. The molecule has 1 heterocycles. The minimum absolute atomic E-state index is 0.0669. The van der Waals surface area contributed by atoms with Crippen molar-refractivity contribution in [1.82, 2.24) is 10.2 Å². The van der Waals surface area contributed by atoms with E-state index in [9.17, 15) is 4.79 Å². The summed E-state index contributed by atoms with van der Waals surface area (Å²) < 4.78 is 5.24. The van der Waals surface area contributed by atoms with Crippen LogP contribution in [0, 0.1) is 6.92 Å². The normalized spacial score (nSPS) is 18.4. The van der Waals surface area contributed by atoms with Crippen molar-refractivity contribution in [3.05, 3.63) is 29.3 Å². The number of ketones is 1. The molecule has 4 heteroatoms. The number of methoxy groups -OCH3 is 1. The minimum Gasteiger partial charge on any atom is -0.496 e. The van der Waals surface area contributed by atoms with Gasteiger partial charge in [-0.15, -0.1) is 0 Å². The summed E-state index contributed by atoms with van der Waals surface area (Å²) in [6, 6.07) is 5.59. The van der Waals surface area contributed by atoms with E-state index in [1.807, 2.05) is 32.0 Å². The van der Waals surface area contributed by atoms with Gasteiger partial charge in [0.2, 0.25) is 0 Å².